The zero-order valence-corrected chi connectivity index (χ0v) is 14.7. The normalized spacial score (nSPS) is 17.6. The van der Waals surface area contributed by atoms with Crippen LogP contribution < -0.4 is 4.72 Å². The molecule has 1 N–H and O–H groups in total. The quantitative estimate of drug-likeness (QED) is 0.849. The molecule has 0 amide bonds. The van der Waals surface area contributed by atoms with Gasteiger partial charge in [-0.2, -0.15) is 0 Å². The van der Waals surface area contributed by atoms with E-state index >= 15 is 0 Å². The Morgan fingerprint density at radius 1 is 1.20 bits per heavy atom. The lowest BCUT2D eigenvalue weighted by molar-refractivity contribution is -0.146. The van der Waals surface area contributed by atoms with Crippen LogP contribution in [0.3, 0.4) is 0 Å². The average molecular weight is 358 g/mol. The van der Waals surface area contributed by atoms with Crippen LogP contribution >= 0.6 is 0 Å². The van der Waals surface area contributed by atoms with Crippen LogP contribution in [0.25, 0.3) is 0 Å². The maximum atomic E-state index is 12.2. The largest absolute Gasteiger partial charge is 0.459 e. The first-order chi connectivity index (χ1) is 11.9. The summed E-state index contributed by atoms with van der Waals surface area (Å²) in [6, 6.07) is 13.4. The Morgan fingerprint density at radius 2 is 1.96 bits per heavy atom. The van der Waals surface area contributed by atoms with Crippen molar-refractivity contribution < 1.29 is 17.9 Å². The Kier molecular flexibility index (Phi) is 4.59. The van der Waals surface area contributed by atoms with Crippen molar-refractivity contribution in [1.29, 1.82) is 0 Å². The third-order valence-electron chi connectivity index (χ3n) is 3.79. The molecule has 2 aromatic rings. The summed E-state index contributed by atoms with van der Waals surface area (Å²) in [5.41, 5.74) is 2.43. The monoisotopic (exact) mass is 358 g/mol. The van der Waals surface area contributed by atoms with Crippen molar-refractivity contribution in [2.45, 2.75) is 31.4 Å². The predicted octanol–water partition coefficient (Wildman–Crippen LogP) is 2.17. The van der Waals surface area contributed by atoms with Gasteiger partial charge in [-0.15, -0.1) is 0 Å². The molecule has 25 heavy (non-hydrogen) atoms. The second-order valence-electron chi connectivity index (χ2n) is 5.85. The number of amidine groups is 1. The van der Waals surface area contributed by atoms with E-state index in [4.69, 9.17) is 4.74 Å². The van der Waals surface area contributed by atoms with E-state index in [0.29, 0.717) is 5.56 Å². The van der Waals surface area contributed by atoms with Gasteiger partial charge >= 0.3 is 5.97 Å². The molecule has 0 saturated carbocycles. The van der Waals surface area contributed by atoms with Gasteiger partial charge in [-0.25, -0.2) is 13.2 Å². The minimum atomic E-state index is -3.62. The predicted molar refractivity (Wildman–Crippen MR) is 93.7 cm³/mol. The van der Waals surface area contributed by atoms with Gasteiger partial charge in [0, 0.05) is 5.56 Å². The van der Waals surface area contributed by atoms with Gasteiger partial charge in [0.15, 0.2) is 0 Å². The number of ether oxygens (including phenoxy) is 1. The number of aryl methyl sites for hydroxylation is 1. The molecule has 0 aromatic heterocycles. The number of hydrogen-bond donors (Lipinski definition) is 1. The molecule has 0 spiro atoms. The Labute approximate surface area is 146 Å². The van der Waals surface area contributed by atoms with Crippen LogP contribution in [-0.4, -0.2) is 26.3 Å². The van der Waals surface area contributed by atoms with Crippen LogP contribution in [0.1, 0.15) is 23.6 Å². The maximum Gasteiger partial charge on any atom is 0.330 e. The number of carbonyl (C=O) groups is 1. The Bertz CT molecular complexity index is 951. The number of nitrogens with zero attached hydrogens (tertiary/aromatic N) is 1. The van der Waals surface area contributed by atoms with E-state index in [2.05, 4.69) is 9.71 Å². The SMILES string of the molecule is Cc1cccc(COC(=O)[C@H](C)N=C2NS(=O)(=O)c3ccccc32)c1. The first-order valence-corrected chi connectivity index (χ1v) is 9.27. The zero-order chi connectivity index (χ0) is 18.0. The van der Waals surface area contributed by atoms with Gasteiger partial charge < -0.3 is 4.74 Å². The molecule has 2 aromatic carbocycles. The summed E-state index contributed by atoms with van der Waals surface area (Å²) in [5.74, 6) is -0.354. The van der Waals surface area contributed by atoms with Gasteiger partial charge in [-0.3, -0.25) is 9.71 Å². The van der Waals surface area contributed by atoms with E-state index in [1.54, 1.807) is 25.1 Å². The second kappa shape index (κ2) is 6.68. The number of fused-ring (bicyclic) bond motifs is 1. The van der Waals surface area contributed by atoms with Gasteiger partial charge in [0.25, 0.3) is 10.0 Å². The molecule has 1 aliphatic rings. The minimum Gasteiger partial charge on any atom is -0.459 e. The van der Waals surface area contributed by atoms with E-state index in [1.165, 1.54) is 6.07 Å². The number of nitrogens with one attached hydrogen (secondary N) is 1. The molecule has 130 valence electrons. The van der Waals surface area contributed by atoms with E-state index in [1.807, 2.05) is 31.2 Å². The Balaban J connectivity index is 1.72. The maximum absolute atomic E-state index is 12.2. The molecule has 0 radical (unpaired) electrons. The molecule has 6 nitrogen and oxygen atoms in total. The molecular weight excluding hydrogens is 340 g/mol. The summed E-state index contributed by atoms with van der Waals surface area (Å²) >= 11 is 0. The van der Waals surface area contributed by atoms with Gasteiger partial charge in [0.2, 0.25) is 0 Å². The number of rotatable bonds is 4. The summed E-state index contributed by atoms with van der Waals surface area (Å²) in [7, 11) is -3.62. The van der Waals surface area contributed by atoms with E-state index in [-0.39, 0.29) is 17.3 Å². The smallest absolute Gasteiger partial charge is 0.330 e. The highest BCUT2D eigenvalue weighted by Crippen LogP contribution is 2.22. The van der Waals surface area contributed by atoms with E-state index in [9.17, 15) is 13.2 Å². The molecule has 1 aliphatic heterocycles. The summed E-state index contributed by atoms with van der Waals surface area (Å²) in [5, 5.41) is 0. The topological polar surface area (TPSA) is 84.8 Å². The van der Waals surface area contributed by atoms with Crippen molar-refractivity contribution in [3.63, 3.8) is 0 Å². The Hall–Kier alpha value is -2.67. The summed E-state index contributed by atoms with van der Waals surface area (Å²) in [6.45, 7) is 3.68. The highest BCUT2D eigenvalue weighted by molar-refractivity contribution is 7.90. The van der Waals surface area contributed by atoms with Crippen molar-refractivity contribution in [2.75, 3.05) is 0 Å². The molecule has 0 saturated heterocycles. The van der Waals surface area contributed by atoms with Crippen LogP contribution in [0.4, 0.5) is 0 Å². The molecule has 1 heterocycles. The number of carbonyl (C=O) groups excluding carboxylic acids is 1. The summed E-state index contributed by atoms with van der Waals surface area (Å²) in [4.78, 5) is 16.5. The molecule has 0 fully saturated rings. The standard InChI is InChI=1S/C18H18N2O4S/c1-12-6-5-7-14(10-12)11-24-18(21)13(2)19-17-15-8-3-4-9-16(15)25(22,23)20-17/h3-10,13H,11H2,1-2H3,(H,19,20)/t13-/m0/s1. The van der Waals surface area contributed by atoms with E-state index in [0.717, 1.165) is 11.1 Å². The number of sulfonamides is 1. The molecule has 3 rings (SSSR count). The lowest BCUT2D eigenvalue weighted by Gasteiger charge is -2.09. The number of hydrogen-bond acceptors (Lipinski definition) is 5. The van der Waals surface area contributed by atoms with Gasteiger partial charge in [0.1, 0.15) is 18.5 Å². The minimum absolute atomic E-state index is 0.151. The fourth-order valence-electron chi connectivity index (χ4n) is 2.55. The third kappa shape index (κ3) is 3.71. The molecule has 7 heteroatoms. The first kappa shape index (κ1) is 17.2. The van der Waals surface area contributed by atoms with Gasteiger partial charge in [-0.1, -0.05) is 42.0 Å². The van der Waals surface area contributed by atoms with Crippen molar-refractivity contribution in [3.05, 3.63) is 65.2 Å². The van der Waals surface area contributed by atoms with Gasteiger partial charge in [-0.05, 0) is 31.5 Å². The highest BCUT2D eigenvalue weighted by Gasteiger charge is 2.31. The lowest BCUT2D eigenvalue weighted by atomic mass is 10.1. The third-order valence-corrected chi connectivity index (χ3v) is 5.19. The number of aliphatic imine (C=N–C) groups is 1. The molecule has 1 atom stereocenters. The average Bonchev–Trinajstić information content (AvgIpc) is 2.84. The van der Waals surface area contributed by atoms with Crippen molar-refractivity contribution in [2.24, 2.45) is 4.99 Å². The fraction of sp³-hybridized carbons (Fsp3) is 0.222. The van der Waals surface area contributed by atoms with E-state index < -0.39 is 22.0 Å². The van der Waals surface area contributed by atoms with Crippen molar-refractivity contribution in [3.8, 4) is 0 Å². The number of benzene rings is 2. The Morgan fingerprint density at radius 3 is 2.72 bits per heavy atom. The van der Waals surface area contributed by atoms with Crippen LogP contribution in [-0.2, 0) is 26.2 Å². The molecule has 0 unspecified atom stereocenters. The zero-order valence-electron chi connectivity index (χ0n) is 13.9. The molecular formula is C18H18N2O4S. The summed E-state index contributed by atoms with van der Waals surface area (Å²) in [6.07, 6.45) is 0. The highest BCUT2D eigenvalue weighted by atomic mass is 32.2. The van der Waals surface area contributed by atoms with Gasteiger partial charge in [0.05, 0.1) is 4.90 Å². The van der Waals surface area contributed by atoms with Crippen molar-refractivity contribution >= 4 is 21.8 Å². The lowest BCUT2D eigenvalue weighted by Crippen LogP contribution is -2.26. The molecule has 0 aliphatic carbocycles. The van der Waals surface area contributed by atoms with Crippen LogP contribution in [0.5, 0.6) is 0 Å². The van der Waals surface area contributed by atoms with Crippen molar-refractivity contribution in [1.82, 2.24) is 4.72 Å². The first-order valence-electron chi connectivity index (χ1n) is 7.79. The van der Waals surface area contributed by atoms with Crippen LogP contribution in [0, 0.1) is 6.92 Å². The second-order valence-corrected chi connectivity index (χ2v) is 7.50. The van der Waals surface area contributed by atoms with Crippen LogP contribution in [0.2, 0.25) is 0 Å². The molecule has 0 bridgehead atoms. The fourth-order valence-corrected chi connectivity index (χ4v) is 3.79. The summed E-state index contributed by atoms with van der Waals surface area (Å²) < 4.78 is 31.7. The van der Waals surface area contributed by atoms with Crippen LogP contribution in [0.15, 0.2) is 58.4 Å². The number of esters is 1.